The zero-order valence-corrected chi connectivity index (χ0v) is 13.1. The van der Waals surface area contributed by atoms with Crippen molar-refractivity contribution in [2.45, 2.75) is 23.7 Å². The number of hydrogen-bond donors (Lipinski definition) is 1. The van der Waals surface area contributed by atoms with Crippen molar-refractivity contribution >= 4 is 15.9 Å². The van der Waals surface area contributed by atoms with Gasteiger partial charge in [0.25, 0.3) is 10.0 Å². The molecule has 0 spiro atoms. The molecular weight excluding hydrogens is 334 g/mol. The topological polar surface area (TPSA) is 94.6 Å². The maximum Gasteiger partial charge on any atom is 0.328 e. The Kier molecular flexibility index (Phi) is 5.15. The molecule has 0 unspecified atom stereocenters. The maximum absolute atomic E-state index is 14.1. The summed E-state index contributed by atoms with van der Waals surface area (Å²) in [6.07, 6.45) is 0.899. The van der Waals surface area contributed by atoms with Crippen molar-refractivity contribution in [3.63, 3.8) is 0 Å². The smallest absolute Gasteiger partial charge is 0.328 e. The second-order valence-electron chi connectivity index (χ2n) is 4.98. The molecule has 1 fully saturated rings. The van der Waals surface area contributed by atoms with Crippen LogP contribution in [0.15, 0.2) is 23.2 Å². The van der Waals surface area contributed by atoms with E-state index >= 15 is 0 Å². The van der Waals surface area contributed by atoms with Gasteiger partial charge in [-0.3, -0.25) is 4.79 Å². The molecule has 1 N–H and O–H groups in total. The van der Waals surface area contributed by atoms with Gasteiger partial charge in [0.2, 0.25) is 5.88 Å². The first kappa shape index (κ1) is 17.5. The highest BCUT2D eigenvalue weighted by atomic mass is 32.2. The molecule has 0 aromatic carbocycles. The van der Waals surface area contributed by atoms with E-state index in [1.807, 2.05) is 0 Å². The number of rotatable bonds is 5. The van der Waals surface area contributed by atoms with Gasteiger partial charge in [0.05, 0.1) is 13.3 Å². The van der Waals surface area contributed by atoms with E-state index in [1.165, 1.54) is 17.9 Å². The third-order valence-electron chi connectivity index (χ3n) is 3.49. The van der Waals surface area contributed by atoms with Crippen LogP contribution in [0, 0.1) is 5.92 Å². The number of aromatic nitrogens is 1. The molecule has 1 amide bonds. The molecular formula is C13H16F2N2O5S. The number of nitrogens with zero attached hydrogens (tertiary/aromatic N) is 1. The molecule has 1 aliphatic heterocycles. The standard InChI is InChI=1S/C13H16F2N2O5S/c1-21-11-3-2-10(8-16-11)23(19,20)17-12(18)13(14,15)9-4-6-22-7-5-9/h2-3,8-9H,4-7H2,1H3,(H,17,18). The van der Waals surface area contributed by atoms with Gasteiger partial charge in [-0.25, -0.2) is 18.1 Å². The molecule has 10 heteroatoms. The summed E-state index contributed by atoms with van der Waals surface area (Å²) in [6, 6.07) is 2.35. The van der Waals surface area contributed by atoms with Crippen LogP contribution in [0.25, 0.3) is 0 Å². The molecule has 7 nitrogen and oxygen atoms in total. The second kappa shape index (κ2) is 6.75. The van der Waals surface area contributed by atoms with E-state index in [-0.39, 0.29) is 31.9 Å². The van der Waals surface area contributed by atoms with Gasteiger partial charge in [-0.15, -0.1) is 0 Å². The average Bonchev–Trinajstić information content (AvgIpc) is 2.55. The third kappa shape index (κ3) is 3.94. The fourth-order valence-electron chi connectivity index (χ4n) is 2.14. The lowest BCUT2D eigenvalue weighted by Gasteiger charge is -2.28. The van der Waals surface area contributed by atoms with Gasteiger partial charge in [-0.05, 0) is 18.9 Å². The first-order chi connectivity index (χ1) is 10.8. The van der Waals surface area contributed by atoms with Gasteiger partial charge in [-0.2, -0.15) is 8.78 Å². The van der Waals surface area contributed by atoms with Crippen molar-refractivity contribution in [3.8, 4) is 5.88 Å². The van der Waals surface area contributed by atoms with Crippen molar-refractivity contribution in [1.29, 1.82) is 0 Å². The number of ether oxygens (including phenoxy) is 2. The van der Waals surface area contributed by atoms with Crippen LogP contribution in [0.4, 0.5) is 8.78 Å². The number of carbonyl (C=O) groups excluding carboxylic acids is 1. The first-order valence-corrected chi connectivity index (χ1v) is 8.28. The van der Waals surface area contributed by atoms with Crippen molar-refractivity contribution in [3.05, 3.63) is 18.3 Å². The number of pyridine rings is 1. The van der Waals surface area contributed by atoms with E-state index in [0.717, 1.165) is 12.3 Å². The Labute approximate surface area is 132 Å². The van der Waals surface area contributed by atoms with E-state index in [1.54, 1.807) is 0 Å². The van der Waals surface area contributed by atoms with Gasteiger partial charge in [0.1, 0.15) is 4.90 Å². The largest absolute Gasteiger partial charge is 0.481 e. The van der Waals surface area contributed by atoms with E-state index < -0.39 is 32.7 Å². The molecule has 0 saturated carbocycles. The van der Waals surface area contributed by atoms with E-state index in [0.29, 0.717) is 0 Å². The molecule has 1 aliphatic rings. The SMILES string of the molecule is COc1ccc(S(=O)(=O)NC(=O)C(F)(F)C2CCOCC2)cn1. The highest BCUT2D eigenvalue weighted by Gasteiger charge is 2.48. The van der Waals surface area contributed by atoms with Crippen molar-refractivity contribution in [2.75, 3.05) is 20.3 Å². The van der Waals surface area contributed by atoms with E-state index in [9.17, 15) is 22.0 Å². The molecule has 0 radical (unpaired) electrons. The zero-order chi connectivity index (χ0) is 17.1. The van der Waals surface area contributed by atoms with Gasteiger partial charge in [-0.1, -0.05) is 0 Å². The van der Waals surface area contributed by atoms with Gasteiger partial charge in [0.15, 0.2) is 0 Å². The quantitative estimate of drug-likeness (QED) is 0.850. The van der Waals surface area contributed by atoms with Crippen LogP contribution in [0.5, 0.6) is 5.88 Å². The summed E-state index contributed by atoms with van der Waals surface area (Å²) in [4.78, 5) is 15.0. The predicted molar refractivity (Wildman–Crippen MR) is 74.6 cm³/mol. The van der Waals surface area contributed by atoms with Gasteiger partial charge >= 0.3 is 11.8 Å². The molecule has 2 heterocycles. The Morgan fingerprint density at radius 1 is 1.39 bits per heavy atom. The summed E-state index contributed by atoms with van der Waals surface area (Å²) in [7, 11) is -3.10. The van der Waals surface area contributed by atoms with Crippen LogP contribution >= 0.6 is 0 Å². The molecule has 1 aromatic heterocycles. The van der Waals surface area contributed by atoms with Crippen LogP contribution in [0.2, 0.25) is 0 Å². The Balaban J connectivity index is 2.13. The molecule has 0 atom stereocenters. The fourth-order valence-corrected chi connectivity index (χ4v) is 3.08. The number of nitrogens with one attached hydrogen (secondary N) is 1. The molecule has 0 bridgehead atoms. The molecule has 0 aliphatic carbocycles. The Hall–Kier alpha value is -1.81. The summed E-state index contributed by atoms with van der Waals surface area (Å²) in [5.41, 5.74) is 0. The minimum Gasteiger partial charge on any atom is -0.481 e. The fraction of sp³-hybridized carbons (Fsp3) is 0.538. The maximum atomic E-state index is 14.1. The molecule has 1 saturated heterocycles. The predicted octanol–water partition coefficient (Wildman–Crippen LogP) is 0.957. The van der Waals surface area contributed by atoms with Gasteiger partial charge in [0, 0.05) is 25.2 Å². The normalized spacial score (nSPS) is 16.8. The van der Waals surface area contributed by atoms with Crippen LogP contribution in [-0.4, -0.2) is 45.6 Å². The van der Waals surface area contributed by atoms with Crippen molar-refractivity contribution < 1.29 is 31.5 Å². The Morgan fingerprint density at radius 3 is 2.57 bits per heavy atom. The van der Waals surface area contributed by atoms with Crippen LogP contribution in [-0.2, 0) is 19.6 Å². The van der Waals surface area contributed by atoms with Crippen LogP contribution in [0.3, 0.4) is 0 Å². The summed E-state index contributed by atoms with van der Waals surface area (Å²) >= 11 is 0. The number of hydrogen-bond acceptors (Lipinski definition) is 6. The number of halogens is 2. The Bertz CT molecular complexity index is 657. The monoisotopic (exact) mass is 350 g/mol. The highest BCUT2D eigenvalue weighted by molar-refractivity contribution is 7.90. The molecule has 23 heavy (non-hydrogen) atoms. The van der Waals surface area contributed by atoms with Gasteiger partial charge < -0.3 is 9.47 Å². The number of amides is 1. The zero-order valence-electron chi connectivity index (χ0n) is 12.3. The molecule has 1 aromatic rings. The van der Waals surface area contributed by atoms with Crippen molar-refractivity contribution in [1.82, 2.24) is 9.71 Å². The van der Waals surface area contributed by atoms with Crippen LogP contribution in [0.1, 0.15) is 12.8 Å². The van der Waals surface area contributed by atoms with E-state index in [2.05, 4.69) is 4.98 Å². The summed E-state index contributed by atoms with van der Waals surface area (Å²) in [6.45, 7) is 0.228. The summed E-state index contributed by atoms with van der Waals surface area (Å²) < 4.78 is 63.3. The second-order valence-corrected chi connectivity index (χ2v) is 6.66. The lowest BCUT2D eigenvalue weighted by Crippen LogP contribution is -2.48. The molecule has 128 valence electrons. The Morgan fingerprint density at radius 2 is 2.04 bits per heavy atom. The van der Waals surface area contributed by atoms with E-state index in [4.69, 9.17) is 9.47 Å². The minimum absolute atomic E-state index is 0.00937. The molecule has 2 rings (SSSR count). The third-order valence-corrected chi connectivity index (χ3v) is 4.81. The summed E-state index contributed by atoms with van der Waals surface area (Å²) in [5.74, 6) is -6.74. The average molecular weight is 350 g/mol. The van der Waals surface area contributed by atoms with Crippen LogP contribution < -0.4 is 9.46 Å². The number of sulfonamides is 1. The minimum atomic E-state index is -4.44. The first-order valence-electron chi connectivity index (χ1n) is 6.80. The lowest BCUT2D eigenvalue weighted by atomic mass is 9.92. The number of alkyl halides is 2. The lowest BCUT2D eigenvalue weighted by molar-refractivity contribution is -0.157. The number of carbonyl (C=O) groups is 1. The van der Waals surface area contributed by atoms with Crippen molar-refractivity contribution in [2.24, 2.45) is 5.92 Å². The summed E-state index contributed by atoms with van der Waals surface area (Å²) in [5, 5.41) is 0. The number of methoxy groups -OCH3 is 1. The highest BCUT2D eigenvalue weighted by Crippen LogP contribution is 2.33.